The first-order valence-electron chi connectivity index (χ1n) is 5.99. The van der Waals surface area contributed by atoms with Crippen LogP contribution >= 0.6 is 0 Å². The number of nitrogens with one attached hydrogen (secondary N) is 1. The molecule has 1 amide bonds. The molecule has 0 radical (unpaired) electrons. The maximum Gasteiger partial charge on any atom is 0.243 e. The smallest absolute Gasteiger partial charge is 0.243 e. The molecule has 4 heteroatoms. The molecular formula is C13H18N2O2. The van der Waals surface area contributed by atoms with Gasteiger partial charge in [-0.1, -0.05) is 19.1 Å². The molecule has 2 rings (SSSR count). The molecule has 0 aromatic heterocycles. The van der Waals surface area contributed by atoms with E-state index in [2.05, 4.69) is 12.3 Å². The number of carbonyl (C=O) groups is 1. The van der Waals surface area contributed by atoms with Crippen LogP contribution in [-0.4, -0.2) is 17.1 Å². The third-order valence-electron chi connectivity index (χ3n) is 3.09. The van der Waals surface area contributed by atoms with Crippen LogP contribution in [0.4, 0.5) is 5.69 Å². The summed E-state index contributed by atoms with van der Waals surface area (Å²) >= 11 is 0. The molecule has 0 bridgehead atoms. The summed E-state index contributed by atoms with van der Waals surface area (Å²) in [5.74, 6) is 0.0830. The van der Waals surface area contributed by atoms with Gasteiger partial charge in [0.05, 0.1) is 11.8 Å². The zero-order chi connectivity index (χ0) is 12.4. The Morgan fingerprint density at radius 1 is 1.59 bits per heavy atom. The van der Waals surface area contributed by atoms with Gasteiger partial charge in [0.2, 0.25) is 5.91 Å². The summed E-state index contributed by atoms with van der Waals surface area (Å²) in [7, 11) is 0. The Labute approximate surface area is 101 Å². The second kappa shape index (κ2) is 4.85. The Morgan fingerprint density at radius 3 is 2.94 bits per heavy atom. The zero-order valence-corrected chi connectivity index (χ0v) is 10.2. The number of aliphatic hydroxyl groups is 1. The summed E-state index contributed by atoms with van der Waals surface area (Å²) in [6, 6.07) is 7.64. The quantitative estimate of drug-likeness (QED) is 0.838. The van der Waals surface area contributed by atoms with Crippen LogP contribution in [0.3, 0.4) is 0 Å². The zero-order valence-electron chi connectivity index (χ0n) is 10.2. The highest BCUT2D eigenvalue weighted by molar-refractivity contribution is 5.94. The Kier molecular flexibility index (Phi) is 3.45. The molecule has 1 heterocycles. The number of hydrazine groups is 1. The van der Waals surface area contributed by atoms with Gasteiger partial charge in [0.15, 0.2) is 0 Å². The van der Waals surface area contributed by atoms with E-state index in [4.69, 9.17) is 0 Å². The summed E-state index contributed by atoms with van der Waals surface area (Å²) in [5.41, 5.74) is 4.79. The Bertz CT molecular complexity index is 418. The normalized spacial score (nSPS) is 21.9. The fourth-order valence-corrected chi connectivity index (χ4v) is 1.98. The van der Waals surface area contributed by atoms with Gasteiger partial charge >= 0.3 is 0 Å². The fourth-order valence-electron chi connectivity index (χ4n) is 1.98. The highest BCUT2D eigenvalue weighted by atomic mass is 16.3. The SMILES string of the molecule is CCC1CC(=O)N(c2cccc(C(C)O)c2)N1. The third kappa shape index (κ3) is 2.48. The molecule has 2 unspecified atom stereocenters. The van der Waals surface area contributed by atoms with Crippen LogP contribution in [0.5, 0.6) is 0 Å². The van der Waals surface area contributed by atoms with E-state index in [1.165, 1.54) is 0 Å². The molecule has 2 atom stereocenters. The van der Waals surface area contributed by atoms with Gasteiger partial charge in [0.1, 0.15) is 0 Å². The van der Waals surface area contributed by atoms with Crippen molar-refractivity contribution in [3.05, 3.63) is 29.8 Å². The van der Waals surface area contributed by atoms with E-state index >= 15 is 0 Å². The van der Waals surface area contributed by atoms with Crippen molar-refractivity contribution in [3.63, 3.8) is 0 Å². The first-order valence-corrected chi connectivity index (χ1v) is 5.99. The van der Waals surface area contributed by atoms with Gasteiger partial charge in [-0.15, -0.1) is 0 Å². The van der Waals surface area contributed by atoms with E-state index in [0.29, 0.717) is 6.42 Å². The Hall–Kier alpha value is -1.39. The average Bonchev–Trinajstić information content (AvgIpc) is 2.71. The molecule has 1 saturated heterocycles. The number of hydrogen-bond donors (Lipinski definition) is 2. The van der Waals surface area contributed by atoms with Crippen molar-refractivity contribution in [1.29, 1.82) is 0 Å². The molecule has 1 aromatic rings. The molecular weight excluding hydrogens is 216 g/mol. The van der Waals surface area contributed by atoms with E-state index in [1.807, 2.05) is 24.3 Å². The summed E-state index contributed by atoms with van der Waals surface area (Å²) in [4.78, 5) is 11.8. The lowest BCUT2D eigenvalue weighted by Crippen LogP contribution is -2.37. The van der Waals surface area contributed by atoms with Crippen LogP contribution in [0.2, 0.25) is 0 Å². The second-order valence-electron chi connectivity index (χ2n) is 4.44. The van der Waals surface area contributed by atoms with E-state index < -0.39 is 6.10 Å². The standard InChI is InChI=1S/C13H18N2O2/c1-3-11-8-13(17)15(14-11)12-6-4-5-10(7-12)9(2)16/h4-7,9,11,14,16H,3,8H2,1-2H3. The number of nitrogens with zero attached hydrogens (tertiary/aromatic N) is 1. The van der Waals surface area contributed by atoms with Crippen molar-refractivity contribution < 1.29 is 9.90 Å². The van der Waals surface area contributed by atoms with Crippen LogP contribution in [-0.2, 0) is 4.79 Å². The van der Waals surface area contributed by atoms with Gasteiger partial charge in [-0.05, 0) is 31.0 Å². The predicted molar refractivity (Wildman–Crippen MR) is 66.4 cm³/mol. The largest absolute Gasteiger partial charge is 0.389 e. The molecule has 0 aliphatic carbocycles. The Morgan fingerprint density at radius 2 is 2.35 bits per heavy atom. The van der Waals surface area contributed by atoms with Crippen molar-refractivity contribution in [2.24, 2.45) is 0 Å². The first-order chi connectivity index (χ1) is 8.11. The highest BCUT2D eigenvalue weighted by Gasteiger charge is 2.28. The maximum absolute atomic E-state index is 11.8. The Balaban J connectivity index is 2.22. The fraction of sp³-hybridized carbons (Fsp3) is 0.462. The van der Waals surface area contributed by atoms with Crippen LogP contribution in [0.1, 0.15) is 38.4 Å². The number of rotatable bonds is 3. The van der Waals surface area contributed by atoms with Gasteiger partial charge in [-0.25, -0.2) is 10.4 Å². The number of carbonyl (C=O) groups excluding carboxylic acids is 1. The van der Waals surface area contributed by atoms with Crippen LogP contribution in [0.15, 0.2) is 24.3 Å². The molecule has 2 N–H and O–H groups in total. The molecule has 0 saturated carbocycles. The van der Waals surface area contributed by atoms with Gasteiger partial charge in [0.25, 0.3) is 0 Å². The van der Waals surface area contributed by atoms with Gasteiger partial charge in [0, 0.05) is 12.5 Å². The lowest BCUT2D eigenvalue weighted by atomic mass is 10.1. The summed E-state index contributed by atoms with van der Waals surface area (Å²) in [6.45, 7) is 3.77. The first kappa shape index (κ1) is 12.1. The van der Waals surface area contributed by atoms with E-state index in [0.717, 1.165) is 17.7 Å². The number of benzene rings is 1. The summed E-state index contributed by atoms with van der Waals surface area (Å²) in [6.07, 6.45) is 0.947. The average molecular weight is 234 g/mol. The topological polar surface area (TPSA) is 52.6 Å². The van der Waals surface area contributed by atoms with Crippen molar-refractivity contribution in [2.45, 2.75) is 38.8 Å². The van der Waals surface area contributed by atoms with Crippen LogP contribution < -0.4 is 10.4 Å². The van der Waals surface area contributed by atoms with Crippen molar-refractivity contribution >= 4 is 11.6 Å². The van der Waals surface area contributed by atoms with Gasteiger partial charge < -0.3 is 5.11 Å². The monoisotopic (exact) mass is 234 g/mol. The molecule has 1 aromatic carbocycles. The molecule has 1 fully saturated rings. The lowest BCUT2D eigenvalue weighted by Gasteiger charge is -2.18. The minimum atomic E-state index is -0.519. The van der Waals surface area contributed by atoms with E-state index in [9.17, 15) is 9.90 Å². The van der Waals surface area contributed by atoms with Gasteiger partial charge in [-0.2, -0.15) is 0 Å². The summed E-state index contributed by atoms with van der Waals surface area (Å²) < 4.78 is 0. The van der Waals surface area contributed by atoms with Crippen LogP contribution in [0, 0.1) is 0 Å². The van der Waals surface area contributed by atoms with Crippen molar-refractivity contribution in [3.8, 4) is 0 Å². The molecule has 0 spiro atoms. The van der Waals surface area contributed by atoms with Crippen LogP contribution in [0.25, 0.3) is 0 Å². The van der Waals surface area contributed by atoms with E-state index in [-0.39, 0.29) is 11.9 Å². The number of amides is 1. The summed E-state index contributed by atoms with van der Waals surface area (Å²) in [5, 5.41) is 11.1. The van der Waals surface area contributed by atoms with Gasteiger partial charge in [-0.3, -0.25) is 4.79 Å². The number of aliphatic hydroxyl groups excluding tert-OH is 1. The second-order valence-corrected chi connectivity index (χ2v) is 4.44. The van der Waals surface area contributed by atoms with Crippen molar-refractivity contribution in [1.82, 2.24) is 5.43 Å². The third-order valence-corrected chi connectivity index (χ3v) is 3.09. The minimum absolute atomic E-state index is 0.0830. The number of hydrogen-bond acceptors (Lipinski definition) is 3. The maximum atomic E-state index is 11.8. The number of anilines is 1. The predicted octanol–water partition coefficient (Wildman–Crippen LogP) is 1.76. The molecule has 92 valence electrons. The van der Waals surface area contributed by atoms with E-state index in [1.54, 1.807) is 11.9 Å². The minimum Gasteiger partial charge on any atom is -0.389 e. The van der Waals surface area contributed by atoms with Crippen molar-refractivity contribution in [2.75, 3.05) is 5.01 Å². The molecule has 1 aliphatic heterocycles. The molecule has 1 aliphatic rings. The highest BCUT2D eigenvalue weighted by Crippen LogP contribution is 2.23. The molecule has 4 nitrogen and oxygen atoms in total. The lowest BCUT2D eigenvalue weighted by molar-refractivity contribution is -0.117. The molecule has 17 heavy (non-hydrogen) atoms.